The minimum atomic E-state index is -4.15. The average Bonchev–Trinajstić information content (AvgIpc) is 3.00. The Bertz CT molecular complexity index is 1490. The van der Waals surface area contributed by atoms with E-state index in [0.29, 0.717) is 18.0 Å². The highest BCUT2D eigenvalue weighted by Crippen LogP contribution is 2.28. The lowest BCUT2D eigenvalue weighted by Crippen LogP contribution is -2.53. The first-order chi connectivity index (χ1) is 20.6. The van der Waals surface area contributed by atoms with Crippen LogP contribution in [0.3, 0.4) is 0 Å². The minimum absolute atomic E-state index is 0.0472. The highest BCUT2D eigenvalue weighted by atomic mass is 79.9. The number of rotatable bonds is 12. The van der Waals surface area contributed by atoms with Gasteiger partial charge in [-0.05, 0) is 93.3 Å². The molecule has 43 heavy (non-hydrogen) atoms. The molecule has 2 amide bonds. The Morgan fingerprint density at radius 2 is 1.63 bits per heavy atom. The fourth-order valence-corrected chi connectivity index (χ4v) is 6.94. The van der Waals surface area contributed by atoms with Gasteiger partial charge in [-0.1, -0.05) is 59.5 Å². The summed E-state index contributed by atoms with van der Waals surface area (Å²) in [5, 5.41) is 3.14. The first-order valence-electron chi connectivity index (χ1n) is 14.8. The number of benzene rings is 3. The smallest absolute Gasteiger partial charge is 0.264 e. The highest BCUT2D eigenvalue weighted by molar-refractivity contribution is 9.10. The number of nitrogens with one attached hydrogen (secondary N) is 1. The number of carbonyl (C=O) groups is 2. The number of ether oxygens (including phenoxy) is 1. The van der Waals surface area contributed by atoms with E-state index in [0.717, 1.165) is 52.0 Å². The molecule has 0 bridgehead atoms. The number of carbonyl (C=O) groups excluding carboxylic acids is 2. The molecule has 4 rings (SSSR count). The molecule has 230 valence electrons. The van der Waals surface area contributed by atoms with Crippen LogP contribution in [0.1, 0.15) is 57.1 Å². The molecule has 0 spiro atoms. The number of amides is 2. The van der Waals surface area contributed by atoms with Gasteiger partial charge in [-0.2, -0.15) is 0 Å². The molecule has 0 saturated heterocycles. The predicted molar refractivity (Wildman–Crippen MR) is 172 cm³/mol. The van der Waals surface area contributed by atoms with Gasteiger partial charge < -0.3 is 15.0 Å². The first-order valence-corrected chi connectivity index (χ1v) is 17.0. The third kappa shape index (κ3) is 8.38. The van der Waals surface area contributed by atoms with Gasteiger partial charge in [-0.15, -0.1) is 0 Å². The Kier molecular flexibility index (Phi) is 11.3. The number of sulfonamides is 1. The van der Waals surface area contributed by atoms with Gasteiger partial charge in [-0.25, -0.2) is 8.42 Å². The summed E-state index contributed by atoms with van der Waals surface area (Å²) < 4.78 is 35.4. The second kappa shape index (κ2) is 14.9. The maximum atomic E-state index is 14.2. The number of hydrogen-bond acceptors (Lipinski definition) is 5. The van der Waals surface area contributed by atoms with Crippen LogP contribution in [0.25, 0.3) is 0 Å². The van der Waals surface area contributed by atoms with Crippen molar-refractivity contribution in [2.24, 2.45) is 0 Å². The van der Waals surface area contributed by atoms with Crippen LogP contribution in [0.5, 0.6) is 5.75 Å². The summed E-state index contributed by atoms with van der Waals surface area (Å²) in [5.41, 5.74) is 2.18. The van der Waals surface area contributed by atoms with E-state index in [1.54, 1.807) is 43.3 Å². The Balaban J connectivity index is 1.68. The lowest BCUT2D eigenvalue weighted by molar-refractivity contribution is -0.139. The predicted octanol–water partition coefficient (Wildman–Crippen LogP) is 6.22. The van der Waals surface area contributed by atoms with Crippen molar-refractivity contribution < 1.29 is 22.7 Å². The largest absolute Gasteiger partial charge is 0.494 e. The summed E-state index contributed by atoms with van der Waals surface area (Å²) in [4.78, 5) is 29.2. The van der Waals surface area contributed by atoms with Crippen molar-refractivity contribution in [1.29, 1.82) is 0 Å². The second-order valence-electron chi connectivity index (χ2n) is 10.9. The summed E-state index contributed by atoms with van der Waals surface area (Å²) >= 11 is 3.36. The van der Waals surface area contributed by atoms with Crippen LogP contribution in [0.2, 0.25) is 0 Å². The van der Waals surface area contributed by atoms with E-state index in [1.165, 1.54) is 17.0 Å². The van der Waals surface area contributed by atoms with Gasteiger partial charge in [0.05, 0.1) is 17.2 Å². The summed E-state index contributed by atoms with van der Waals surface area (Å²) in [6, 6.07) is 19.8. The van der Waals surface area contributed by atoms with Crippen molar-refractivity contribution >= 4 is 43.5 Å². The quantitative estimate of drug-likeness (QED) is 0.247. The van der Waals surface area contributed by atoms with E-state index >= 15 is 0 Å². The molecule has 0 unspecified atom stereocenters. The molecule has 3 aromatic rings. The molecule has 1 atom stereocenters. The summed E-state index contributed by atoms with van der Waals surface area (Å²) in [6.07, 6.45) is 5.13. The maximum absolute atomic E-state index is 14.2. The molecule has 0 aliphatic heterocycles. The molecule has 8 nitrogen and oxygen atoms in total. The molecule has 0 radical (unpaired) electrons. The van der Waals surface area contributed by atoms with Crippen molar-refractivity contribution in [2.75, 3.05) is 17.5 Å². The van der Waals surface area contributed by atoms with Crippen molar-refractivity contribution in [3.05, 3.63) is 88.4 Å². The van der Waals surface area contributed by atoms with Crippen molar-refractivity contribution in [2.45, 2.75) is 76.4 Å². The van der Waals surface area contributed by atoms with Gasteiger partial charge in [0.2, 0.25) is 11.8 Å². The van der Waals surface area contributed by atoms with Crippen LogP contribution in [0, 0.1) is 6.92 Å². The van der Waals surface area contributed by atoms with Gasteiger partial charge in [0, 0.05) is 17.1 Å². The number of hydrogen-bond donors (Lipinski definition) is 1. The fraction of sp³-hybridized carbons (Fsp3) is 0.394. The van der Waals surface area contributed by atoms with E-state index in [9.17, 15) is 18.0 Å². The van der Waals surface area contributed by atoms with Crippen LogP contribution in [0.15, 0.2) is 82.2 Å². The fourth-order valence-electron chi connectivity index (χ4n) is 5.26. The summed E-state index contributed by atoms with van der Waals surface area (Å²) in [7, 11) is -4.15. The molecule has 1 aliphatic rings. The van der Waals surface area contributed by atoms with Crippen LogP contribution in [-0.4, -0.2) is 50.4 Å². The van der Waals surface area contributed by atoms with Crippen LogP contribution >= 0.6 is 15.9 Å². The third-order valence-electron chi connectivity index (χ3n) is 7.84. The van der Waals surface area contributed by atoms with Crippen LogP contribution < -0.4 is 14.4 Å². The second-order valence-corrected chi connectivity index (χ2v) is 13.6. The molecule has 3 aromatic carbocycles. The minimum Gasteiger partial charge on any atom is -0.494 e. The zero-order chi connectivity index (χ0) is 31.0. The SMILES string of the molecule is CCOc1ccc(N(CC(=O)N(Cc2ccccc2C)[C@@H](C)C(=O)NC2CCCCC2)S(=O)(=O)c2ccc(Br)cc2)cc1. The molecule has 0 aromatic heterocycles. The average molecular weight is 671 g/mol. The summed E-state index contributed by atoms with van der Waals surface area (Å²) in [6.45, 7) is 5.67. The van der Waals surface area contributed by atoms with E-state index in [4.69, 9.17) is 4.74 Å². The molecule has 1 aliphatic carbocycles. The van der Waals surface area contributed by atoms with Crippen molar-refractivity contribution in [3.63, 3.8) is 0 Å². The van der Waals surface area contributed by atoms with E-state index in [-0.39, 0.29) is 23.4 Å². The molecule has 1 N–H and O–H groups in total. The number of nitrogens with zero attached hydrogens (tertiary/aromatic N) is 2. The Morgan fingerprint density at radius 3 is 2.26 bits per heavy atom. The Hall–Kier alpha value is -3.37. The van der Waals surface area contributed by atoms with E-state index < -0.39 is 28.5 Å². The van der Waals surface area contributed by atoms with Gasteiger partial charge in [-0.3, -0.25) is 13.9 Å². The zero-order valence-electron chi connectivity index (χ0n) is 25.0. The van der Waals surface area contributed by atoms with Gasteiger partial charge in [0.15, 0.2) is 0 Å². The van der Waals surface area contributed by atoms with Gasteiger partial charge in [0.25, 0.3) is 10.0 Å². The highest BCUT2D eigenvalue weighted by Gasteiger charge is 2.33. The number of anilines is 1. The standard InChI is InChI=1S/C33H40BrN3O5S/c1-4-42-30-18-16-29(17-19-30)37(43(40,41)31-20-14-27(34)15-21-31)23-32(38)36(22-26-11-9-8-10-24(26)2)25(3)33(39)35-28-12-6-5-7-13-28/h8-11,14-21,25,28H,4-7,12-13,22-23H2,1-3H3,(H,35,39)/t25-/m0/s1. The molecule has 1 fully saturated rings. The number of halogens is 1. The molecule has 10 heteroatoms. The van der Waals surface area contributed by atoms with E-state index in [2.05, 4.69) is 21.2 Å². The Labute approximate surface area is 263 Å². The van der Waals surface area contributed by atoms with Crippen LogP contribution in [0.4, 0.5) is 5.69 Å². The maximum Gasteiger partial charge on any atom is 0.264 e. The number of aryl methyl sites for hydroxylation is 1. The molecular weight excluding hydrogens is 630 g/mol. The topological polar surface area (TPSA) is 96.0 Å². The lowest BCUT2D eigenvalue weighted by atomic mass is 9.95. The van der Waals surface area contributed by atoms with Crippen molar-refractivity contribution in [1.82, 2.24) is 10.2 Å². The van der Waals surface area contributed by atoms with E-state index in [1.807, 2.05) is 38.1 Å². The van der Waals surface area contributed by atoms with Crippen LogP contribution in [-0.2, 0) is 26.2 Å². The third-order valence-corrected chi connectivity index (χ3v) is 10.2. The Morgan fingerprint density at radius 1 is 0.977 bits per heavy atom. The van der Waals surface area contributed by atoms with Crippen molar-refractivity contribution in [3.8, 4) is 5.75 Å². The molecule has 0 heterocycles. The van der Waals surface area contributed by atoms with Gasteiger partial charge in [0.1, 0.15) is 18.3 Å². The normalized spacial score (nSPS) is 14.5. The summed E-state index contributed by atoms with van der Waals surface area (Å²) in [5.74, 6) is -0.130. The lowest BCUT2D eigenvalue weighted by Gasteiger charge is -2.33. The first kappa shape index (κ1) is 32.5. The zero-order valence-corrected chi connectivity index (χ0v) is 27.4. The molecular formula is C33H40BrN3O5S. The van der Waals surface area contributed by atoms with Gasteiger partial charge >= 0.3 is 0 Å². The monoisotopic (exact) mass is 669 g/mol. The molecule has 1 saturated carbocycles.